The lowest BCUT2D eigenvalue weighted by Crippen LogP contribution is -2.30. The SMILES string of the molecule is CCC(=O)N1CC[C@H](Oc2ccc3nccc(-c4cnc(OC)c(C#N)c4)c3c2)C1. The number of rotatable bonds is 5. The number of aromatic nitrogens is 2. The molecule has 0 bridgehead atoms. The van der Waals surface area contributed by atoms with E-state index in [2.05, 4.69) is 16.0 Å². The van der Waals surface area contributed by atoms with Crippen molar-refractivity contribution in [2.75, 3.05) is 20.2 Å². The lowest BCUT2D eigenvalue weighted by Gasteiger charge is -2.17. The number of ether oxygens (including phenoxy) is 2. The summed E-state index contributed by atoms with van der Waals surface area (Å²) < 4.78 is 11.3. The number of carbonyl (C=O) groups is 1. The van der Waals surface area contributed by atoms with E-state index in [0.717, 1.165) is 40.7 Å². The average Bonchev–Trinajstić information content (AvgIpc) is 3.26. The van der Waals surface area contributed by atoms with Crippen LogP contribution in [-0.4, -0.2) is 47.1 Å². The van der Waals surface area contributed by atoms with Gasteiger partial charge in [0.1, 0.15) is 23.5 Å². The summed E-state index contributed by atoms with van der Waals surface area (Å²) in [5, 5.41) is 10.3. The highest BCUT2D eigenvalue weighted by atomic mass is 16.5. The average molecular weight is 402 g/mol. The number of hydrogen-bond acceptors (Lipinski definition) is 6. The highest BCUT2D eigenvalue weighted by molar-refractivity contribution is 5.95. The van der Waals surface area contributed by atoms with E-state index in [1.54, 1.807) is 18.5 Å². The fourth-order valence-electron chi connectivity index (χ4n) is 3.76. The van der Waals surface area contributed by atoms with Crippen molar-refractivity contribution in [1.29, 1.82) is 5.26 Å². The molecule has 1 aliphatic heterocycles. The molecule has 0 N–H and O–H groups in total. The summed E-state index contributed by atoms with van der Waals surface area (Å²) >= 11 is 0. The van der Waals surface area contributed by atoms with Crippen LogP contribution >= 0.6 is 0 Å². The van der Waals surface area contributed by atoms with Crippen molar-refractivity contribution in [1.82, 2.24) is 14.9 Å². The van der Waals surface area contributed by atoms with E-state index in [1.807, 2.05) is 36.1 Å². The maximum Gasteiger partial charge on any atom is 0.231 e. The molecule has 0 unspecified atom stereocenters. The molecule has 3 aromatic rings. The molecule has 1 fully saturated rings. The molecule has 0 radical (unpaired) electrons. The number of fused-ring (bicyclic) bond motifs is 1. The van der Waals surface area contributed by atoms with Crippen LogP contribution in [0.15, 0.2) is 42.7 Å². The largest absolute Gasteiger partial charge is 0.488 e. The molecule has 1 aliphatic rings. The van der Waals surface area contributed by atoms with E-state index in [4.69, 9.17) is 9.47 Å². The molecule has 1 amide bonds. The molecule has 152 valence electrons. The van der Waals surface area contributed by atoms with Crippen molar-refractivity contribution in [2.45, 2.75) is 25.9 Å². The fraction of sp³-hybridized carbons (Fsp3) is 0.304. The highest BCUT2D eigenvalue weighted by Gasteiger charge is 2.26. The van der Waals surface area contributed by atoms with Crippen molar-refractivity contribution in [2.24, 2.45) is 0 Å². The summed E-state index contributed by atoms with van der Waals surface area (Å²) in [6.45, 7) is 3.21. The Labute approximate surface area is 174 Å². The van der Waals surface area contributed by atoms with Crippen LogP contribution in [0.1, 0.15) is 25.3 Å². The second kappa shape index (κ2) is 8.37. The minimum Gasteiger partial charge on any atom is -0.488 e. The van der Waals surface area contributed by atoms with Crippen LogP contribution in [0.25, 0.3) is 22.0 Å². The molecule has 0 aliphatic carbocycles. The van der Waals surface area contributed by atoms with Crippen LogP contribution in [0.5, 0.6) is 11.6 Å². The lowest BCUT2D eigenvalue weighted by atomic mass is 10.0. The fourth-order valence-corrected chi connectivity index (χ4v) is 3.76. The molecular weight excluding hydrogens is 380 g/mol. The Morgan fingerprint density at radius 3 is 2.93 bits per heavy atom. The van der Waals surface area contributed by atoms with Gasteiger partial charge >= 0.3 is 0 Å². The first-order valence-electron chi connectivity index (χ1n) is 9.90. The third-order valence-corrected chi connectivity index (χ3v) is 5.29. The summed E-state index contributed by atoms with van der Waals surface area (Å²) in [6.07, 6.45) is 4.73. The summed E-state index contributed by atoms with van der Waals surface area (Å²) in [4.78, 5) is 22.5. The summed E-state index contributed by atoms with van der Waals surface area (Å²) in [7, 11) is 1.49. The first-order valence-corrected chi connectivity index (χ1v) is 9.90. The lowest BCUT2D eigenvalue weighted by molar-refractivity contribution is -0.130. The monoisotopic (exact) mass is 402 g/mol. The standard InChI is InChI=1S/C23H22N4O3/c1-3-22(28)27-9-7-18(14-27)30-17-4-5-21-20(11-17)19(6-8-25-21)16-10-15(12-24)23(29-2)26-13-16/h4-6,8,10-11,13,18H,3,7,9,14H2,1-2H3/t18-/m0/s1. The zero-order chi connectivity index (χ0) is 21.1. The van der Waals surface area contributed by atoms with E-state index in [0.29, 0.717) is 24.4 Å². The van der Waals surface area contributed by atoms with Gasteiger partial charge in [-0.25, -0.2) is 4.98 Å². The minimum atomic E-state index is -0.0223. The first kappa shape index (κ1) is 19.6. The Bertz CT molecular complexity index is 1140. The maximum absolute atomic E-state index is 11.9. The number of methoxy groups -OCH3 is 1. The smallest absolute Gasteiger partial charge is 0.231 e. The molecule has 7 nitrogen and oxygen atoms in total. The third-order valence-electron chi connectivity index (χ3n) is 5.29. The Kier molecular flexibility index (Phi) is 5.48. The van der Waals surface area contributed by atoms with Crippen LogP contribution in [0, 0.1) is 11.3 Å². The predicted molar refractivity (Wildman–Crippen MR) is 112 cm³/mol. The molecule has 1 saturated heterocycles. The van der Waals surface area contributed by atoms with Crippen molar-refractivity contribution in [3.8, 4) is 28.8 Å². The van der Waals surface area contributed by atoms with E-state index in [-0.39, 0.29) is 12.0 Å². The second-order valence-corrected chi connectivity index (χ2v) is 7.15. The zero-order valence-corrected chi connectivity index (χ0v) is 17.0. The Hall–Kier alpha value is -3.66. The number of hydrogen-bond donors (Lipinski definition) is 0. The first-order chi connectivity index (χ1) is 14.6. The number of carbonyl (C=O) groups excluding carboxylic acids is 1. The van der Waals surface area contributed by atoms with Crippen molar-refractivity contribution in [3.05, 3.63) is 48.3 Å². The maximum atomic E-state index is 11.9. The van der Waals surface area contributed by atoms with Gasteiger partial charge in [0.2, 0.25) is 11.8 Å². The van der Waals surface area contributed by atoms with Gasteiger partial charge in [-0.15, -0.1) is 0 Å². The van der Waals surface area contributed by atoms with Crippen LogP contribution in [-0.2, 0) is 4.79 Å². The van der Waals surface area contributed by atoms with Crippen LogP contribution < -0.4 is 9.47 Å². The molecule has 7 heteroatoms. The van der Waals surface area contributed by atoms with Gasteiger partial charge in [0.15, 0.2) is 0 Å². The van der Waals surface area contributed by atoms with Gasteiger partial charge in [0.25, 0.3) is 0 Å². The molecule has 4 rings (SSSR count). The summed E-state index contributed by atoms with van der Waals surface area (Å²) in [6, 6.07) is 11.6. The van der Waals surface area contributed by atoms with E-state index in [1.165, 1.54) is 7.11 Å². The quantitative estimate of drug-likeness (QED) is 0.648. The van der Waals surface area contributed by atoms with Gasteiger partial charge in [-0.3, -0.25) is 9.78 Å². The summed E-state index contributed by atoms with van der Waals surface area (Å²) in [5.41, 5.74) is 2.91. The van der Waals surface area contributed by atoms with Gasteiger partial charge in [0.05, 0.1) is 19.2 Å². The van der Waals surface area contributed by atoms with E-state index < -0.39 is 0 Å². The number of benzene rings is 1. The number of amides is 1. The van der Waals surface area contributed by atoms with Crippen LogP contribution in [0.4, 0.5) is 0 Å². The van der Waals surface area contributed by atoms with Gasteiger partial charge in [-0.05, 0) is 35.9 Å². The second-order valence-electron chi connectivity index (χ2n) is 7.15. The molecule has 2 aromatic heterocycles. The highest BCUT2D eigenvalue weighted by Crippen LogP contribution is 2.32. The van der Waals surface area contributed by atoms with Gasteiger partial charge < -0.3 is 14.4 Å². The Balaban J connectivity index is 1.65. The molecule has 0 spiro atoms. The topological polar surface area (TPSA) is 88.3 Å². The zero-order valence-electron chi connectivity index (χ0n) is 17.0. The van der Waals surface area contributed by atoms with Crippen LogP contribution in [0.2, 0.25) is 0 Å². The van der Waals surface area contributed by atoms with Crippen LogP contribution in [0.3, 0.4) is 0 Å². The molecule has 0 saturated carbocycles. The Morgan fingerprint density at radius 1 is 1.30 bits per heavy atom. The molecular formula is C23H22N4O3. The number of likely N-dealkylation sites (tertiary alicyclic amines) is 1. The van der Waals surface area contributed by atoms with Crippen molar-refractivity contribution in [3.63, 3.8) is 0 Å². The van der Waals surface area contributed by atoms with Gasteiger partial charge in [0, 0.05) is 42.7 Å². The molecule has 3 heterocycles. The predicted octanol–water partition coefficient (Wildman–Crippen LogP) is 3.57. The summed E-state index contributed by atoms with van der Waals surface area (Å²) in [5.74, 6) is 1.19. The molecule has 30 heavy (non-hydrogen) atoms. The van der Waals surface area contributed by atoms with Gasteiger partial charge in [-0.2, -0.15) is 5.26 Å². The number of nitrogens with zero attached hydrogens (tertiary/aromatic N) is 4. The van der Waals surface area contributed by atoms with Crippen molar-refractivity contribution >= 4 is 16.8 Å². The Morgan fingerprint density at radius 2 is 2.17 bits per heavy atom. The molecule has 1 aromatic carbocycles. The van der Waals surface area contributed by atoms with E-state index >= 15 is 0 Å². The number of nitriles is 1. The third kappa shape index (κ3) is 3.77. The van der Waals surface area contributed by atoms with Crippen molar-refractivity contribution < 1.29 is 14.3 Å². The van der Waals surface area contributed by atoms with Gasteiger partial charge in [-0.1, -0.05) is 6.92 Å². The van der Waals surface area contributed by atoms with E-state index in [9.17, 15) is 10.1 Å². The minimum absolute atomic E-state index is 0.0223. The normalized spacial score (nSPS) is 15.8. The number of pyridine rings is 2. The molecule has 1 atom stereocenters.